The Labute approximate surface area is 224 Å². The summed E-state index contributed by atoms with van der Waals surface area (Å²) in [6.07, 6.45) is 2.41. The first kappa shape index (κ1) is 26.6. The molecule has 1 N–H and O–H groups in total. The third kappa shape index (κ3) is 5.92. The van der Waals surface area contributed by atoms with Gasteiger partial charge in [0.15, 0.2) is 6.61 Å². The van der Waals surface area contributed by atoms with E-state index in [0.717, 1.165) is 4.68 Å². The largest absolute Gasteiger partial charge is 0.476 e. The number of halogens is 2. The summed E-state index contributed by atoms with van der Waals surface area (Å²) in [5, 5.41) is 18.7. The molecule has 0 unspecified atom stereocenters. The molecule has 0 aliphatic heterocycles. The number of benzene rings is 3. The van der Waals surface area contributed by atoms with Gasteiger partial charge >= 0.3 is 5.69 Å². The lowest BCUT2D eigenvalue weighted by Gasteiger charge is -2.11. The Morgan fingerprint density at radius 1 is 1.24 bits per heavy atom. The Morgan fingerprint density at radius 3 is 2.76 bits per heavy atom. The van der Waals surface area contributed by atoms with Gasteiger partial charge in [-0.25, -0.2) is 9.37 Å². The van der Waals surface area contributed by atoms with E-state index in [2.05, 4.69) is 31.3 Å². The highest BCUT2D eigenvalue weighted by atomic mass is 79.9. The van der Waals surface area contributed by atoms with Crippen molar-refractivity contribution in [1.82, 2.24) is 9.66 Å². The molecule has 0 bridgehead atoms. The smallest absolute Gasteiger partial charge is 0.311 e. The minimum absolute atomic E-state index is 0.0521. The average molecular weight is 582 g/mol. The highest BCUT2D eigenvalue weighted by Crippen LogP contribution is 2.30. The van der Waals surface area contributed by atoms with Crippen LogP contribution in [0.5, 0.6) is 5.75 Å². The van der Waals surface area contributed by atoms with Crippen molar-refractivity contribution < 1.29 is 18.8 Å². The summed E-state index contributed by atoms with van der Waals surface area (Å²) in [5.41, 5.74) is -0.193. The fraction of sp³-hybridized carbons (Fsp3) is 0.154. The normalized spacial score (nSPS) is 11.1. The molecule has 0 spiro atoms. The van der Waals surface area contributed by atoms with Crippen molar-refractivity contribution in [2.45, 2.75) is 19.8 Å². The standard InChI is InChI=1S/C26H21BrFN5O5/c1-2-6-23-30-20-12-11-17(27)13-18(20)26(35)32(23)29-14-16-7-5-10-22(33(36)37)25(16)38-15-24(34)31-21-9-4-3-8-19(21)28/h3-5,7-14H,2,6,15H2,1H3,(H,31,34). The molecule has 38 heavy (non-hydrogen) atoms. The van der Waals surface area contributed by atoms with Crippen LogP contribution in [-0.2, 0) is 11.2 Å². The lowest BCUT2D eigenvalue weighted by molar-refractivity contribution is -0.385. The lowest BCUT2D eigenvalue weighted by Crippen LogP contribution is -2.23. The summed E-state index contributed by atoms with van der Waals surface area (Å²) in [4.78, 5) is 41.2. The van der Waals surface area contributed by atoms with Gasteiger partial charge in [0, 0.05) is 22.5 Å². The number of nitrogens with one attached hydrogen (secondary N) is 1. The van der Waals surface area contributed by atoms with Crippen LogP contribution in [-0.4, -0.2) is 33.3 Å². The molecule has 1 heterocycles. The summed E-state index contributed by atoms with van der Waals surface area (Å²) in [6, 6.07) is 14.9. The topological polar surface area (TPSA) is 129 Å². The minimum Gasteiger partial charge on any atom is -0.476 e. The number of carbonyl (C=O) groups excluding carboxylic acids is 1. The van der Waals surface area contributed by atoms with E-state index in [0.29, 0.717) is 34.0 Å². The number of nitro groups is 1. The molecule has 0 radical (unpaired) electrons. The lowest BCUT2D eigenvalue weighted by atomic mass is 10.2. The van der Waals surface area contributed by atoms with Crippen LogP contribution in [0.1, 0.15) is 24.7 Å². The van der Waals surface area contributed by atoms with Crippen LogP contribution in [0.3, 0.4) is 0 Å². The van der Waals surface area contributed by atoms with Gasteiger partial charge in [-0.05, 0) is 42.8 Å². The van der Waals surface area contributed by atoms with Gasteiger partial charge in [0.2, 0.25) is 5.75 Å². The number of ether oxygens (including phenoxy) is 1. The maximum Gasteiger partial charge on any atom is 0.311 e. The van der Waals surface area contributed by atoms with E-state index in [4.69, 9.17) is 4.74 Å². The van der Waals surface area contributed by atoms with E-state index < -0.39 is 34.5 Å². The van der Waals surface area contributed by atoms with Crippen molar-refractivity contribution in [2.24, 2.45) is 5.10 Å². The average Bonchev–Trinajstić information content (AvgIpc) is 2.89. The molecule has 4 aromatic rings. The molecule has 194 valence electrons. The molecule has 12 heteroatoms. The summed E-state index contributed by atoms with van der Waals surface area (Å²) >= 11 is 3.35. The molecular formula is C26H21BrFN5O5. The van der Waals surface area contributed by atoms with Crippen LogP contribution in [0.15, 0.2) is 75.0 Å². The van der Waals surface area contributed by atoms with Gasteiger partial charge in [-0.1, -0.05) is 41.1 Å². The Kier molecular flexibility index (Phi) is 8.22. The molecule has 0 saturated heterocycles. The molecule has 3 aromatic carbocycles. The maximum atomic E-state index is 13.9. The number of carbonyl (C=O) groups is 1. The number of para-hydroxylation sites is 2. The summed E-state index contributed by atoms with van der Waals surface area (Å²) < 4.78 is 21.2. The zero-order chi connectivity index (χ0) is 27.2. The highest BCUT2D eigenvalue weighted by molar-refractivity contribution is 9.10. The van der Waals surface area contributed by atoms with E-state index in [1.54, 1.807) is 24.3 Å². The Hall–Kier alpha value is -4.45. The van der Waals surface area contributed by atoms with E-state index in [-0.39, 0.29) is 17.0 Å². The molecule has 0 fully saturated rings. The van der Waals surface area contributed by atoms with Gasteiger partial charge in [0.1, 0.15) is 11.6 Å². The fourth-order valence-corrected chi connectivity index (χ4v) is 4.01. The van der Waals surface area contributed by atoms with Gasteiger partial charge in [-0.2, -0.15) is 9.78 Å². The third-order valence-corrected chi connectivity index (χ3v) is 5.87. The number of fused-ring (bicyclic) bond motifs is 1. The van der Waals surface area contributed by atoms with Crippen molar-refractivity contribution in [1.29, 1.82) is 0 Å². The van der Waals surface area contributed by atoms with Crippen LogP contribution in [0.2, 0.25) is 0 Å². The Bertz CT molecular complexity index is 1620. The first-order chi connectivity index (χ1) is 18.3. The molecule has 0 aliphatic carbocycles. The SMILES string of the molecule is CCCc1nc2ccc(Br)cc2c(=O)n1N=Cc1cccc([N+](=O)[O-])c1OCC(=O)Nc1ccccc1F. The second kappa shape index (κ2) is 11.7. The first-order valence-electron chi connectivity index (χ1n) is 11.5. The van der Waals surface area contributed by atoms with Crippen molar-refractivity contribution in [3.8, 4) is 5.75 Å². The van der Waals surface area contributed by atoms with Crippen LogP contribution < -0.4 is 15.6 Å². The molecule has 4 rings (SSSR count). The molecule has 1 amide bonds. The molecule has 0 saturated carbocycles. The van der Waals surface area contributed by atoms with E-state index >= 15 is 0 Å². The van der Waals surface area contributed by atoms with Crippen LogP contribution >= 0.6 is 15.9 Å². The number of anilines is 1. The predicted octanol–water partition coefficient (Wildman–Crippen LogP) is 5.06. The first-order valence-corrected chi connectivity index (χ1v) is 12.3. The third-order valence-electron chi connectivity index (χ3n) is 5.38. The molecule has 10 nitrogen and oxygen atoms in total. The van der Waals surface area contributed by atoms with Gasteiger partial charge in [0.05, 0.1) is 27.7 Å². The molecule has 0 aliphatic rings. The minimum atomic E-state index is -0.720. The zero-order valence-electron chi connectivity index (χ0n) is 20.1. The summed E-state index contributed by atoms with van der Waals surface area (Å²) in [6.45, 7) is 1.30. The van der Waals surface area contributed by atoms with E-state index in [9.17, 15) is 24.1 Å². The van der Waals surface area contributed by atoms with Crippen molar-refractivity contribution in [2.75, 3.05) is 11.9 Å². The van der Waals surface area contributed by atoms with Crippen molar-refractivity contribution in [3.63, 3.8) is 0 Å². The van der Waals surface area contributed by atoms with Crippen molar-refractivity contribution in [3.05, 3.63) is 103 Å². The summed E-state index contributed by atoms with van der Waals surface area (Å²) in [5.74, 6) is -1.17. The quantitative estimate of drug-likeness (QED) is 0.167. The van der Waals surface area contributed by atoms with Gasteiger partial charge in [0.25, 0.3) is 11.5 Å². The monoisotopic (exact) mass is 581 g/mol. The molecule has 0 atom stereocenters. The number of amides is 1. The second-order valence-corrected chi connectivity index (χ2v) is 8.99. The number of rotatable bonds is 9. The number of hydrogen-bond donors (Lipinski definition) is 1. The second-order valence-electron chi connectivity index (χ2n) is 8.07. The number of hydrogen-bond acceptors (Lipinski definition) is 7. The number of nitro benzene ring substituents is 1. The van der Waals surface area contributed by atoms with Gasteiger partial charge < -0.3 is 10.1 Å². The predicted molar refractivity (Wildman–Crippen MR) is 144 cm³/mol. The fourth-order valence-electron chi connectivity index (χ4n) is 3.65. The van der Waals surface area contributed by atoms with E-state index in [1.807, 2.05) is 6.92 Å². The Balaban J connectivity index is 1.68. The van der Waals surface area contributed by atoms with Gasteiger partial charge in [-0.15, -0.1) is 0 Å². The van der Waals surface area contributed by atoms with Gasteiger partial charge in [-0.3, -0.25) is 19.7 Å². The number of aromatic nitrogens is 2. The van der Waals surface area contributed by atoms with Crippen LogP contribution in [0.4, 0.5) is 15.8 Å². The molecular weight excluding hydrogens is 561 g/mol. The maximum absolute atomic E-state index is 13.9. The van der Waals surface area contributed by atoms with Crippen LogP contribution in [0.25, 0.3) is 10.9 Å². The Morgan fingerprint density at radius 2 is 2.03 bits per heavy atom. The van der Waals surface area contributed by atoms with Crippen LogP contribution in [0, 0.1) is 15.9 Å². The summed E-state index contributed by atoms with van der Waals surface area (Å²) in [7, 11) is 0. The number of aryl methyl sites for hydroxylation is 1. The highest BCUT2D eigenvalue weighted by Gasteiger charge is 2.20. The van der Waals surface area contributed by atoms with E-state index in [1.165, 1.54) is 42.6 Å². The molecule has 1 aromatic heterocycles. The number of nitrogens with zero attached hydrogens (tertiary/aromatic N) is 4. The van der Waals surface area contributed by atoms with Crippen molar-refractivity contribution >= 4 is 50.3 Å². The zero-order valence-corrected chi connectivity index (χ0v) is 21.6.